The van der Waals surface area contributed by atoms with Gasteiger partial charge in [0.05, 0.1) is 11.1 Å². The van der Waals surface area contributed by atoms with Crippen molar-refractivity contribution < 1.29 is 9.53 Å². The van der Waals surface area contributed by atoms with E-state index in [2.05, 4.69) is 20.4 Å². The Hall–Kier alpha value is -2.22. The van der Waals surface area contributed by atoms with Crippen LogP contribution in [-0.4, -0.2) is 44.7 Å². The molecule has 0 radical (unpaired) electrons. The van der Waals surface area contributed by atoms with Crippen molar-refractivity contribution in [2.45, 2.75) is 45.6 Å². The lowest BCUT2D eigenvalue weighted by atomic mass is 10.1. The molecule has 0 spiro atoms. The van der Waals surface area contributed by atoms with Crippen molar-refractivity contribution in [3.8, 4) is 11.4 Å². The van der Waals surface area contributed by atoms with Crippen molar-refractivity contribution in [3.63, 3.8) is 0 Å². The Balaban J connectivity index is 1.51. The summed E-state index contributed by atoms with van der Waals surface area (Å²) >= 11 is 12.3. The highest BCUT2D eigenvalue weighted by Crippen LogP contribution is 2.29. The fourth-order valence-electron chi connectivity index (χ4n) is 3.71. The van der Waals surface area contributed by atoms with E-state index < -0.39 is 0 Å². The third kappa shape index (κ3) is 4.43. The van der Waals surface area contributed by atoms with Gasteiger partial charge in [0.25, 0.3) is 5.78 Å². The molecule has 1 unspecified atom stereocenters. The quantitative estimate of drug-likeness (QED) is 0.618. The molecule has 7 nitrogen and oxygen atoms in total. The number of rotatable bonds is 6. The highest BCUT2D eigenvalue weighted by Gasteiger charge is 2.18. The summed E-state index contributed by atoms with van der Waals surface area (Å²) in [6, 6.07) is 5.21. The first-order valence-corrected chi connectivity index (χ1v) is 10.7. The van der Waals surface area contributed by atoms with E-state index in [1.807, 2.05) is 13.8 Å². The summed E-state index contributed by atoms with van der Waals surface area (Å²) in [6.45, 7) is 5.24. The Bertz CT molecular complexity index is 1090. The molecule has 1 N–H and O–H groups in total. The van der Waals surface area contributed by atoms with Crippen molar-refractivity contribution >= 4 is 34.9 Å². The van der Waals surface area contributed by atoms with Gasteiger partial charge in [-0.1, -0.05) is 23.2 Å². The van der Waals surface area contributed by atoms with E-state index in [-0.39, 0.29) is 12.0 Å². The van der Waals surface area contributed by atoms with Gasteiger partial charge >= 0.3 is 0 Å². The number of nitrogens with one attached hydrogen (secondary N) is 1. The number of amides is 1. The topological polar surface area (TPSA) is 81.4 Å². The molecule has 1 atom stereocenters. The van der Waals surface area contributed by atoms with Crippen LogP contribution in [-0.2, 0) is 16.0 Å². The van der Waals surface area contributed by atoms with Gasteiger partial charge in [0.1, 0.15) is 0 Å². The Morgan fingerprint density at radius 3 is 2.87 bits per heavy atom. The minimum Gasteiger partial charge on any atom is -0.376 e. The van der Waals surface area contributed by atoms with Crippen molar-refractivity contribution in [3.05, 3.63) is 45.2 Å². The average molecular weight is 448 g/mol. The van der Waals surface area contributed by atoms with E-state index in [1.165, 1.54) is 0 Å². The molecule has 3 heterocycles. The molecule has 3 aromatic rings. The maximum absolute atomic E-state index is 12.3. The molecular formula is C21H23Cl2N5O2. The zero-order chi connectivity index (χ0) is 21.3. The van der Waals surface area contributed by atoms with Gasteiger partial charge in [-0.05, 0) is 56.9 Å². The Morgan fingerprint density at radius 2 is 2.13 bits per heavy atom. The van der Waals surface area contributed by atoms with Gasteiger partial charge in [-0.3, -0.25) is 4.79 Å². The summed E-state index contributed by atoms with van der Waals surface area (Å²) in [5.74, 6) is 0.993. The van der Waals surface area contributed by atoms with Crippen molar-refractivity contribution in [1.82, 2.24) is 24.9 Å². The van der Waals surface area contributed by atoms with Gasteiger partial charge in [0.2, 0.25) is 5.91 Å². The molecule has 1 aliphatic rings. The van der Waals surface area contributed by atoms with E-state index in [0.717, 1.165) is 36.4 Å². The summed E-state index contributed by atoms with van der Waals surface area (Å²) in [5, 5.41) is 8.59. The number of carbonyl (C=O) groups excluding carboxylic acids is 1. The highest BCUT2D eigenvalue weighted by molar-refractivity contribution is 6.36. The molecule has 1 aromatic carbocycles. The molecule has 0 aliphatic carbocycles. The maximum Gasteiger partial charge on any atom is 0.253 e. The molecule has 0 saturated carbocycles. The smallest absolute Gasteiger partial charge is 0.253 e. The Morgan fingerprint density at radius 1 is 1.30 bits per heavy atom. The molecule has 1 fully saturated rings. The second kappa shape index (κ2) is 8.88. The standard InChI is InChI=1S/C21H23Cl2N5O2/c1-12-16(7-8-19(29)24-11-15-4-3-9-30-15)13(2)28-21(25-12)26-20(27-28)17-6-5-14(22)10-18(17)23/h5-6,10,15H,3-4,7-9,11H2,1-2H3,(H,24,29). The molecule has 4 rings (SSSR count). The summed E-state index contributed by atoms with van der Waals surface area (Å²) in [4.78, 5) is 21.4. The van der Waals surface area contributed by atoms with Crippen molar-refractivity contribution in [2.75, 3.05) is 13.2 Å². The minimum absolute atomic E-state index is 0.0108. The Labute approximate surface area is 184 Å². The zero-order valence-electron chi connectivity index (χ0n) is 16.9. The molecule has 0 bridgehead atoms. The Kier molecular flexibility index (Phi) is 6.22. The SMILES string of the molecule is Cc1nc2nc(-c3ccc(Cl)cc3Cl)nn2c(C)c1CCC(=O)NCC1CCCO1. The van der Waals surface area contributed by atoms with Gasteiger partial charge < -0.3 is 10.1 Å². The van der Waals surface area contributed by atoms with E-state index in [9.17, 15) is 4.79 Å². The number of aromatic nitrogens is 4. The lowest BCUT2D eigenvalue weighted by Crippen LogP contribution is -2.32. The summed E-state index contributed by atoms with van der Waals surface area (Å²) < 4.78 is 7.25. The second-order valence-corrected chi connectivity index (χ2v) is 8.32. The third-order valence-corrected chi connectivity index (χ3v) is 5.92. The summed E-state index contributed by atoms with van der Waals surface area (Å²) in [5.41, 5.74) is 3.44. The molecule has 2 aromatic heterocycles. The fourth-order valence-corrected chi connectivity index (χ4v) is 4.21. The monoisotopic (exact) mass is 447 g/mol. The van der Waals surface area contributed by atoms with Crippen LogP contribution in [0.25, 0.3) is 17.2 Å². The number of ether oxygens (including phenoxy) is 1. The third-order valence-electron chi connectivity index (χ3n) is 5.37. The largest absolute Gasteiger partial charge is 0.376 e. The van der Waals surface area contributed by atoms with Crippen LogP contribution in [0.2, 0.25) is 10.0 Å². The van der Waals surface area contributed by atoms with E-state index >= 15 is 0 Å². The molecule has 9 heteroatoms. The van der Waals surface area contributed by atoms with Gasteiger partial charge in [0.15, 0.2) is 5.82 Å². The normalized spacial score (nSPS) is 16.3. The van der Waals surface area contributed by atoms with E-state index in [0.29, 0.717) is 46.6 Å². The lowest BCUT2D eigenvalue weighted by Gasteiger charge is -2.12. The van der Waals surface area contributed by atoms with Gasteiger partial charge in [0, 0.05) is 41.5 Å². The summed E-state index contributed by atoms with van der Waals surface area (Å²) in [6.07, 6.45) is 3.17. The van der Waals surface area contributed by atoms with Crippen molar-refractivity contribution in [2.24, 2.45) is 0 Å². The zero-order valence-corrected chi connectivity index (χ0v) is 18.4. The molecule has 30 heavy (non-hydrogen) atoms. The number of fused-ring (bicyclic) bond motifs is 1. The van der Waals surface area contributed by atoms with Crippen LogP contribution >= 0.6 is 23.2 Å². The number of benzene rings is 1. The van der Waals surface area contributed by atoms with Crippen LogP contribution in [0, 0.1) is 13.8 Å². The molecule has 1 saturated heterocycles. The molecular weight excluding hydrogens is 425 g/mol. The number of hydrogen-bond donors (Lipinski definition) is 1. The molecule has 158 valence electrons. The lowest BCUT2D eigenvalue weighted by molar-refractivity contribution is -0.121. The molecule has 1 amide bonds. The number of carbonyl (C=O) groups is 1. The fraction of sp³-hybridized carbons (Fsp3) is 0.429. The maximum atomic E-state index is 12.3. The van der Waals surface area contributed by atoms with Crippen molar-refractivity contribution in [1.29, 1.82) is 0 Å². The van der Waals surface area contributed by atoms with Gasteiger partial charge in [-0.15, -0.1) is 5.10 Å². The summed E-state index contributed by atoms with van der Waals surface area (Å²) in [7, 11) is 0. The first kappa shape index (κ1) is 21.0. The van der Waals surface area contributed by atoms with Crippen LogP contribution in [0.4, 0.5) is 0 Å². The second-order valence-electron chi connectivity index (χ2n) is 7.47. The van der Waals surface area contributed by atoms with E-state index in [1.54, 1.807) is 22.7 Å². The predicted octanol–water partition coefficient (Wildman–Crippen LogP) is 3.94. The van der Waals surface area contributed by atoms with Crippen LogP contribution in [0.3, 0.4) is 0 Å². The van der Waals surface area contributed by atoms with E-state index in [4.69, 9.17) is 27.9 Å². The minimum atomic E-state index is 0.0108. The van der Waals surface area contributed by atoms with Crippen LogP contribution in [0.5, 0.6) is 0 Å². The number of aryl methyl sites for hydroxylation is 2. The first-order valence-electron chi connectivity index (χ1n) is 9.99. The van der Waals surface area contributed by atoms with Gasteiger partial charge in [-0.25, -0.2) is 9.50 Å². The number of hydrogen-bond acceptors (Lipinski definition) is 5. The van der Waals surface area contributed by atoms with Gasteiger partial charge in [-0.2, -0.15) is 4.98 Å². The number of halogens is 2. The average Bonchev–Trinajstić information content (AvgIpc) is 3.36. The molecule has 1 aliphatic heterocycles. The van der Waals surface area contributed by atoms with Crippen LogP contribution < -0.4 is 5.32 Å². The van der Waals surface area contributed by atoms with Crippen LogP contribution in [0.15, 0.2) is 18.2 Å². The number of nitrogens with zero attached hydrogens (tertiary/aromatic N) is 4. The first-order chi connectivity index (χ1) is 14.4. The predicted molar refractivity (Wildman–Crippen MR) is 116 cm³/mol. The highest BCUT2D eigenvalue weighted by atomic mass is 35.5. The van der Waals surface area contributed by atoms with Crippen LogP contribution in [0.1, 0.15) is 36.2 Å².